The molecule has 0 aromatic heterocycles. The van der Waals surface area contributed by atoms with Crippen LogP contribution in [0.25, 0.3) is 0 Å². The van der Waals surface area contributed by atoms with Gasteiger partial charge in [-0.05, 0) is 24.6 Å². The highest BCUT2D eigenvalue weighted by Crippen LogP contribution is 2.28. The van der Waals surface area contributed by atoms with Crippen molar-refractivity contribution in [1.82, 2.24) is 0 Å². The Labute approximate surface area is 97.9 Å². The predicted molar refractivity (Wildman–Crippen MR) is 60.3 cm³/mol. The smallest absolute Gasteiger partial charge is 0.220 e. The highest BCUT2D eigenvalue weighted by atomic mass is 19.1. The second-order valence-corrected chi connectivity index (χ2v) is 3.91. The minimum atomic E-state index is -1.45. The molecule has 0 saturated heterocycles. The van der Waals surface area contributed by atoms with Crippen molar-refractivity contribution >= 4 is 11.6 Å². The second-order valence-electron chi connectivity index (χ2n) is 3.91. The van der Waals surface area contributed by atoms with E-state index < -0.39 is 30.4 Å². The van der Waals surface area contributed by atoms with E-state index in [1.54, 1.807) is 6.92 Å². The lowest BCUT2D eigenvalue weighted by molar-refractivity contribution is -0.121. The summed E-state index contributed by atoms with van der Waals surface area (Å²) in [6.07, 6.45) is -3.27. The summed E-state index contributed by atoms with van der Waals surface area (Å²) in [6, 6.07) is 2.24. The first-order chi connectivity index (χ1) is 7.82. The monoisotopic (exact) mass is 242 g/mol. The van der Waals surface area contributed by atoms with Crippen LogP contribution in [-0.2, 0) is 4.79 Å². The standard InChI is InChI=1S/C11H15FN2O3/c1-5-2-6(12)3-7(10(5)14)11(17)8(15)4-9(13)16/h2-3,8,11,15,17H,4,14H2,1H3,(H2,13,16). The van der Waals surface area contributed by atoms with Crippen molar-refractivity contribution < 1.29 is 19.4 Å². The van der Waals surface area contributed by atoms with E-state index in [0.29, 0.717) is 5.56 Å². The highest BCUT2D eigenvalue weighted by Gasteiger charge is 2.23. The lowest BCUT2D eigenvalue weighted by atomic mass is 9.98. The molecule has 0 heterocycles. The number of benzene rings is 1. The minimum absolute atomic E-state index is 0.0521. The lowest BCUT2D eigenvalue weighted by Gasteiger charge is -2.19. The number of aliphatic hydroxyl groups excluding tert-OH is 2. The van der Waals surface area contributed by atoms with E-state index in [2.05, 4.69) is 0 Å². The molecule has 2 unspecified atom stereocenters. The average Bonchev–Trinajstić information content (AvgIpc) is 2.21. The fraction of sp³-hybridized carbons (Fsp3) is 0.364. The molecule has 2 atom stereocenters. The van der Waals surface area contributed by atoms with Crippen LogP contribution in [0.15, 0.2) is 12.1 Å². The van der Waals surface area contributed by atoms with E-state index >= 15 is 0 Å². The van der Waals surface area contributed by atoms with Gasteiger partial charge in [0.05, 0.1) is 12.5 Å². The number of aliphatic hydroxyl groups is 2. The van der Waals surface area contributed by atoms with Crippen molar-refractivity contribution in [2.45, 2.75) is 25.6 Å². The van der Waals surface area contributed by atoms with E-state index in [4.69, 9.17) is 11.5 Å². The number of carbonyl (C=O) groups is 1. The fourth-order valence-corrected chi connectivity index (χ4v) is 1.55. The molecule has 0 radical (unpaired) electrons. The van der Waals surface area contributed by atoms with Gasteiger partial charge in [0.2, 0.25) is 5.91 Å². The third kappa shape index (κ3) is 3.15. The molecule has 0 bridgehead atoms. The molecule has 1 rings (SSSR count). The Kier molecular flexibility index (Phi) is 4.03. The van der Waals surface area contributed by atoms with Crippen molar-refractivity contribution in [3.05, 3.63) is 29.1 Å². The number of nitrogens with two attached hydrogens (primary N) is 2. The van der Waals surface area contributed by atoms with Gasteiger partial charge in [-0.3, -0.25) is 4.79 Å². The maximum atomic E-state index is 13.2. The van der Waals surface area contributed by atoms with Gasteiger partial charge in [0.1, 0.15) is 11.9 Å². The first kappa shape index (κ1) is 13.4. The molecule has 6 N–H and O–H groups in total. The number of nitrogen functional groups attached to an aromatic ring is 1. The number of anilines is 1. The number of halogens is 1. The number of amides is 1. The summed E-state index contributed by atoms with van der Waals surface area (Å²) in [5.74, 6) is -1.33. The van der Waals surface area contributed by atoms with Gasteiger partial charge >= 0.3 is 0 Å². The fourth-order valence-electron chi connectivity index (χ4n) is 1.55. The SMILES string of the molecule is Cc1cc(F)cc(C(O)C(O)CC(N)=O)c1N. The molecule has 94 valence electrons. The van der Waals surface area contributed by atoms with Crippen LogP contribution in [0.5, 0.6) is 0 Å². The molecular formula is C11H15FN2O3. The Hall–Kier alpha value is -1.66. The lowest BCUT2D eigenvalue weighted by Crippen LogP contribution is -2.26. The van der Waals surface area contributed by atoms with E-state index in [1.807, 2.05) is 0 Å². The quantitative estimate of drug-likeness (QED) is 0.556. The van der Waals surface area contributed by atoms with Gasteiger partial charge in [-0.15, -0.1) is 0 Å². The van der Waals surface area contributed by atoms with Gasteiger partial charge in [-0.2, -0.15) is 0 Å². The summed E-state index contributed by atoms with van der Waals surface area (Å²) in [7, 11) is 0. The molecule has 5 nitrogen and oxygen atoms in total. The third-order valence-electron chi connectivity index (χ3n) is 2.48. The molecule has 1 aromatic rings. The summed E-state index contributed by atoms with van der Waals surface area (Å²) >= 11 is 0. The van der Waals surface area contributed by atoms with Gasteiger partial charge in [-0.1, -0.05) is 0 Å². The molecule has 0 aliphatic rings. The van der Waals surface area contributed by atoms with E-state index in [0.717, 1.165) is 6.07 Å². The highest BCUT2D eigenvalue weighted by molar-refractivity contribution is 5.74. The molecule has 1 amide bonds. The molecule has 17 heavy (non-hydrogen) atoms. The number of rotatable bonds is 4. The van der Waals surface area contributed by atoms with Crippen LogP contribution in [0.1, 0.15) is 23.7 Å². The molecule has 0 spiro atoms. The van der Waals surface area contributed by atoms with Gasteiger partial charge in [0.25, 0.3) is 0 Å². The van der Waals surface area contributed by atoms with Crippen molar-refractivity contribution in [3.8, 4) is 0 Å². The van der Waals surface area contributed by atoms with Crippen molar-refractivity contribution in [3.63, 3.8) is 0 Å². The van der Waals surface area contributed by atoms with Gasteiger partial charge < -0.3 is 21.7 Å². The maximum absolute atomic E-state index is 13.2. The molecule has 6 heteroatoms. The third-order valence-corrected chi connectivity index (χ3v) is 2.48. The van der Waals surface area contributed by atoms with Crippen LogP contribution in [0.3, 0.4) is 0 Å². The summed E-state index contributed by atoms with van der Waals surface area (Å²) in [5.41, 5.74) is 11.2. The van der Waals surface area contributed by atoms with E-state index in [1.165, 1.54) is 6.07 Å². The van der Waals surface area contributed by atoms with Crippen LogP contribution in [0, 0.1) is 12.7 Å². The van der Waals surface area contributed by atoms with Crippen LogP contribution < -0.4 is 11.5 Å². The number of hydrogen-bond acceptors (Lipinski definition) is 4. The first-order valence-corrected chi connectivity index (χ1v) is 5.03. The van der Waals surface area contributed by atoms with Crippen molar-refractivity contribution in [2.75, 3.05) is 5.73 Å². The van der Waals surface area contributed by atoms with Crippen molar-refractivity contribution in [2.24, 2.45) is 5.73 Å². The molecule has 0 aliphatic carbocycles. The summed E-state index contributed by atoms with van der Waals surface area (Å²) in [6.45, 7) is 1.58. The Bertz CT molecular complexity index is 437. The summed E-state index contributed by atoms with van der Waals surface area (Å²) in [5, 5.41) is 19.3. The van der Waals surface area contributed by atoms with Crippen LogP contribution in [-0.4, -0.2) is 22.2 Å². The number of aryl methyl sites for hydroxylation is 1. The van der Waals surface area contributed by atoms with E-state index in [-0.39, 0.29) is 11.3 Å². The Morgan fingerprint density at radius 3 is 2.59 bits per heavy atom. The van der Waals surface area contributed by atoms with Crippen LogP contribution in [0.2, 0.25) is 0 Å². The van der Waals surface area contributed by atoms with Crippen LogP contribution in [0.4, 0.5) is 10.1 Å². The van der Waals surface area contributed by atoms with Crippen LogP contribution >= 0.6 is 0 Å². The minimum Gasteiger partial charge on any atom is -0.398 e. The zero-order valence-electron chi connectivity index (χ0n) is 9.35. The molecule has 0 saturated carbocycles. The van der Waals surface area contributed by atoms with E-state index in [9.17, 15) is 19.4 Å². The molecular weight excluding hydrogens is 227 g/mol. The predicted octanol–water partition coefficient (Wildman–Crippen LogP) is -0.0140. The first-order valence-electron chi connectivity index (χ1n) is 5.03. The normalized spacial score (nSPS) is 14.4. The average molecular weight is 242 g/mol. The number of carbonyl (C=O) groups excluding carboxylic acids is 1. The Balaban J connectivity index is 3.03. The maximum Gasteiger partial charge on any atom is 0.220 e. The molecule has 0 aliphatic heterocycles. The topological polar surface area (TPSA) is 110 Å². The van der Waals surface area contributed by atoms with Crippen molar-refractivity contribution in [1.29, 1.82) is 0 Å². The molecule has 1 aromatic carbocycles. The zero-order chi connectivity index (χ0) is 13.2. The van der Waals surface area contributed by atoms with Gasteiger partial charge in [-0.25, -0.2) is 4.39 Å². The van der Waals surface area contributed by atoms with Gasteiger partial charge in [0.15, 0.2) is 0 Å². The Morgan fingerprint density at radius 2 is 2.06 bits per heavy atom. The summed E-state index contributed by atoms with van der Waals surface area (Å²) in [4.78, 5) is 10.6. The van der Waals surface area contributed by atoms with Gasteiger partial charge in [0, 0.05) is 11.3 Å². The largest absolute Gasteiger partial charge is 0.398 e. The summed E-state index contributed by atoms with van der Waals surface area (Å²) < 4.78 is 13.2. The zero-order valence-corrected chi connectivity index (χ0v) is 9.35. The molecule has 0 fully saturated rings. The number of primary amides is 1. The second kappa shape index (κ2) is 5.11. The number of hydrogen-bond donors (Lipinski definition) is 4. The Morgan fingerprint density at radius 1 is 1.47 bits per heavy atom.